The summed E-state index contributed by atoms with van der Waals surface area (Å²) in [6, 6.07) is 2.42. The van der Waals surface area contributed by atoms with Crippen molar-refractivity contribution in [2.24, 2.45) is 0 Å². The summed E-state index contributed by atoms with van der Waals surface area (Å²) in [5.74, 6) is -0.661. The molecule has 2 aliphatic rings. The van der Waals surface area contributed by atoms with E-state index < -0.39 is 22.0 Å². The van der Waals surface area contributed by atoms with Gasteiger partial charge in [-0.2, -0.15) is 0 Å². The van der Waals surface area contributed by atoms with Gasteiger partial charge < -0.3 is 14.5 Å². The van der Waals surface area contributed by atoms with Crippen LogP contribution in [0, 0.1) is 0 Å². The number of fused-ring (bicyclic) bond motifs is 1. The van der Waals surface area contributed by atoms with E-state index in [1.807, 2.05) is 4.90 Å². The molecule has 2 fully saturated rings. The number of hydrogen-bond acceptors (Lipinski definition) is 7. The predicted octanol–water partition coefficient (Wildman–Crippen LogP) is -0.339. The van der Waals surface area contributed by atoms with Gasteiger partial charge in [0.15, 0.2) is 5.76 Å². The molecule has 0 bridgehead atoms. The second-order valence-corrected chi connectivity index (χ2v) is 8.48. The van der Waals surface area contributed by atoms with Gasteiger partial charge in [0.25, 0.3) is 11.8 Å². The molecule has 0 spiro atoms. The molecule has 0 radical (unpaired) electrons. The summed E-state index contributed by atoms with van der Waals surface area (Å²) >= 11 is 0. The molecule has 0 unspecified atom stereocenters. The smallest absolute Gasteiger partial charge is 0.287 e. The van der Waals surface area contributed by atoms with E-state index in [2.05, 4.69) is 5.32 Å². The summed E-state index contributed by atoms with van der Waals surface area (Å²) in [7, 11) is -2.09. The van der Waals surface area contributed by atoms with E-state index in [9.17, 15) is 18.0 Å². The summed E-state index contributed by atoms with van der Waals surface area (Å²) < 4.78 is 35.8. The number of amides is 2. The van der Waals surface area contributed by atoms with Gasteiger partial charge in [0, 0.05) is 39.4 Å². The Bertz CT molecular complexity index is 748. The van der Waals surface area contributed by atoms with Gasteiger partial charge in [0.1, 0.15) is 0 Å². The second kappa shape index (κ2) is 7.77. The minimum Gasteiger partial charge on any atom is -0.459 e. The lowest BCUT2D eigenvalue weighted by Crippen LogP contribution is -2.44. The summed E-state index contributed by atoms with van der Waals surface area (Å²) in [5, 5.41) is 2.85. The Labute approximate surface area is 152 Å². The van der Waals surface area contributed by atoms with E-state index in [1.54, 1.807) is 12.1 Å². The summed E-state index contributed by atoms with van der Waals surface area (Å²) in [6.07, 6.45) is 2.25. The van der Waals surface area contributed by atoms with Crippen LogP contribution in [0.3, 0.4) is 0 Å². The van der Waals surface area contributed by atoms with E-state index >= 15 is 0 Å². The number of methoxy groups -OCH3 is 1. The van der Waals surface area contributed by atoms with Gasteiger partial charge in [0.2, 0.25) is 10.0 Å². The average molecular weight is 385 g/mol. The Morgan fingerprint density at radius 2 is 2.27 bits per heavy atom. The monoisotopic (exact) mass is 385 g/mol. The van der Waals surface area contributed by atoms with Crippen LogP contribution in [0.25, 0.3) is 0 Å². The maximum Gasteiger partial charge on any atom is 0.287 e. The number of carbonyl (C=O) groups excluding carboxylic acids is 2. The van der Waals surface area contributed by atoms with Crippen molar-refractivity contribution in [1.82, 2.24) is 14.5 Å². The Morgan fingerprint density at radius 1 is 1.46 bits per heavy atom. The molecule has 3 rings (SSSR count). The van der Waals surface area contributed by atoms with Crippen molar-refractivity contribution in [2.45, 2.75) is 24.9 Å². The standard InChI is InChI=1S/C16H23N3O6S/c1-24-7-3-5-19-16(21)13-10-12(11-18(13)6-9-26(19,22)23)17-15(20)14-4-2-8-25-14/h2,4,8,12-13H,3,5-7,9-11H2,1H3,(H,17,20)/t12-,13-/m0/s1. The molecular weight excluding hydrogens is 362 g/mol. The fraction of sp³-hybridized carbons (Fsp3) is 0.625. The third-order valence-corrected chi connectivity index (χ3v) is 6.43. The molecule has 0 aromatic carbocycles. The van der Waals surface area contributed by atoms with Gasteiger partial charge in [-0.25, -0.2) is 12.7 Å². The number of carbonyl (C=O) groups is 2. The first-order chi connectivity index (χ1) is 12.4. The Balaban J connectivity index is 1.68. The lowest BCUT2D eigenvalue weighted by molar-refractivity contribution is -0.130. The molecule has 1 aromatic heterocycles. The Morgan fingerprint density at radius 3 is 2.96 bits per heavy atom. The van der Waals surface area contributed by atoms with Crippen LogP contribution in [0.5, 0.6) is 0 Å². The molecule has 9 nitrogen and oxygen atoms in total. The zero-order valence-electron chi connectivity index (χ0n) is 14.6. The van der Waals surface area contributed by atoms with Crippen LogP contribution in [-0.4, -0.2) is 80.6 Å². The zero-order chi connectivity index (χ0) is 18.7. The van der Waals surface area contributed by atoms with Gasteiger partial charge in [-0.05, 0) is 25.0 Å². The Kier molecular flexibility index (Phi) is 5.64. The van der Waals surface area contributed by atoms with E-state index in [-0.39, 0.29) is 36.6 Å². The number of nitrogens with one attached hydrogen (secondary N) is 1. The third kappa shape index (κ3) is 3.92. The molecule has 0 saturated carbocycles. The van der Waals surface area contributed by atoms with Gasteiger partial charge in [-0.15, -0.1) is 0 Å². The molecule has 1 aromatic rings. The lowest BCUT2D eigenvalue weighted by Gasteiger charge is -2.23. The largest absolute Gasteiger partial charge is 0.459 e. The minimum atomic E-state index is -3.62. The van der Waals surface area contributed by atoms with Crippen molar-refractivity contribution in [3.63, 3.8) is 0 Å². The highest BCUT2D eigenvalue weighted by molar-refractivity contribution is 7.89. The molecular formula is C16H23N3O6S. The molecule has 2 aliphatic heterocycles. The molecule has 2 amide bonds. The topological polar surface area (TPSA) is 109 Å². The van der Waals surface area contributed by atoms with Crippen LogP contribution < -0.4 is 5.32 Å². The molecule has 3 heterocycles. The fourth-order valence-electron chi connectivity index (χ4n) is 3.42. The molecule has 0 aliphatic carbocycles. The normalized spacial score (nSPS) is 25.7. The first-order valence-electron chi connectivity index (χ1n) is 8.54. The fourth-order valence-corrected chi connectivity index (χ4v) is 4.91. The predicted molar refractivity (Wildman–Crippen MR) is 91.9 cm³/mol. The third-order valence-electron chi connectivity index (χ3n) is 4.70. The number of nitrogens with zero attached hydrogens (tertiary/aromatic N) is 2. The van der Waals surface area contributed by atoms with Crippen LogP contribution in [-0.2, 0) is 19.6 Å². The molecule has 10 heteroatoms. The molecule has 144 valence electrons. The number of sulfonamides is 1. The van der Waals surface area contributed by atoms with Crippen molar-refractivity contribution >= 4 is 21.8 Å². The molecule has 2 saturated heterocycles. The maximum absolute atomic E-state index is 12.8. The highest BCUT2D eigenvalue weighted by atomic mass is 32.2. The van der Waals surface area contributed by atoms with Gasteiger partial charge in [-0.1, -0.05) is 0 Å². The van der Waals surface area contributed by atoms with Gasteiger partial charge >= 0.3 is 0 Å². The minimum absolute atomic E-state index is 0.110. The molecule has 2 atom stereocenters. The zero-order valence-corrected chi connectivity index (χ0v) is 15.4. The van der Waals surface area contributed by atoms with E-state index in [1.165, 1.54) is 13.4 Å². The summed E-state index contributed by atoms with van der Waals surface area (Å²) in [5.41, 5.74) is 0. The van der Waals surface area contributed by atoms with Crippen LogP contribution in [0.15, 0.2) is 22.8 Å². The summed E-state index contributed by atoms with van der Waals surface area (Å²) in [4.78, 5) is 26.8. The molecule has 1 N–H and O–H groups in total. The maximum atomic E-state index is 12.8. The van der Waals surface area contributed by atoms with Gasteiger partial charge in [-0.3, -0.25) is 14.5 Å². The van der Waals surface area contributed by atoms with Gasteiger partial charge in [0.05, 0.1) is 18.1 Å². The molecule has 26 heavy (non-hydrogen) atoms. The highest BCUT2D eigenvalue weighted by Gasteiger charge is 2.45. The number of furan rings is 1. The van der Waals surface area contributed by atoms with Crippen LogP contribution >= 0.6 is 0 Å². The first kappa shape index (κ1) is 18.9. The SMILES string of the molecule is COCCCN1C(=O)[C@@H]2C[C@H](NC(=O)c3ccco3)CN2CCS1(=O)=O. The van der Waals surface area contributed by atoms with Crippen molar-refractivity contribution < 1.29 is 27.2 Å². The van der Waals surface area contributed by atoms with E-state index in [0.29, 0.717) is 26.0 Å². The number of ether oxygens (including phenoxy) is 1. The van der Waals surface area contributed by atoms with Crippen molar-refractivity contribution in [3.05, 3.63) is 24.2 Å². The highest BCUT2D eigenvalue weighted by Crippen LogP contribution is 2.25. The van der Waals surface area contributed by atoms with E-state index in [4.69, 9.17) is 9.15 Å². The van der Waals surface area contributed by atoms with Crippen molar-refractivity contribution in [1.29, 1.82) is 0 Å². The number of hydrogen-bond donors (Lipinski definition) is 1. The average Bonchev–Trinajstić information content (AvgIpc) is 3.24. The van der Waals surface area contributed by atoms with E-state index in [0.717, 1.165) is 4.31 Å². The first-order valence-corrected chi connectivity index (χ1v) is 10.1. The van der Waals surface area contributed by atoms with Crippen LogP contribution in [0.1, 0.15) is 23.4 Å². The quantitative estimate of drug-likeness (QED) is 0.667. The van der Waals surface area contributed by atoms with Crippen LogP contribution in [0.2, 0.25) is 0 Å². The lowest BCUT2D eigenvalue weighted by atomic mass is 10.1. The van der Waals surface area contributed by atoms with Crippen molar-refractivity contribution in [3.8, 4) is 0 Å². The summed E-state index contributed by atoms with van der Waals surface area (Å²) in [6.45, 7) is 1.20. The second-order valence-electron chi connectivity index (χ2n) is 6.47. The van der Waals surface area contributed by atoms with Crippen LogP contribution in [0.4, 0.5) is 0 Å². The number of rotatable bonds is 6. The Hall–Kier alpha value is -1.91. The van der Waals surface area contributed by atoms with Crippen molar-refractivity contribution in [2.75, 3.05) is 39.1 Å².